The summed E-state index contributed by atoms with van der Waals surface area (Å²) in [6.07, 6.45) is 4.62. The Kier molecular flexibility index (Phi) is 7.86. The molecule has 1 atom stereocenters. The Bertz CT molecular complexity index is 398. The lowest BCUT2D eigenvalue weighted by Gasteiger charge is -2.21. The molecular weight excluding hydrogens is 288 g/mol. The second kappa shape index (κ2) is 9.14. The molecule has 1 saturated heterocycles. The van der Waals surface area contributed by atoms with Gasteiger partial charge in [-0.15, -0.1) is 0 Å². The largest absolute Gasteiger partial charge is 0.356 e. The molecule has 0 aromatic carbocycles. The number of rotatable bonds is 6. The lowest BCUT2D eigenvalue weighted by molar-refractivity contribution is -0.133. The van der Waals surface area contributed by atoms with Crippen molar-refractivity contribution in [3.8, 4) is 0 Å². The molecule has 1 rings (SSSR count). The summed E-state index contributed by atoms with van der Waals surface area (Å²) in [4.78, 5) is 18.3. The van der Waals surface area contributed by atoms with Crippen LogP contribution in [-0.2, 0) is 4.79 Å². The number of guanidine groups is 1. The fraction of sp³-hybridized carbons (Fsp3) is 0.889. The molecule has 1 aliphatic heterocycles. The van der Waals surface area contributed by atoms with E-state index in [0.29, 0.717) is 11.5 Å². The van der Waals surface area contributed by atoms with Crippen LogP contribution in [0.4, 0.5) is 0 Å². The minimum atomic E-state index is 0.0778. The third-order valence-corrected chi connectivity index (χ3v) is 4.20. The van der Waals surface area contributed by atoms with Crippen LogP contribution in [0.1, 0.15) is 60.3 Å². The van der Waals surface area contributed by atoms with E-state index in [9.17, 15) is 4.79 Å². The van der Waals surface area contributed by atoms with Crippen LogP contribution >= 0.6 is 0 Å². The highest BCUT2D eigenvalue weighted by molar-refractivity contribution is 5.81. The monoisotopic (exact) mass is 324 g/mol. The predicted molar refractivity (Wildman–Crippen MR) is 97.6 cm³/mol. The van der Waals surface area contributed by atoms with Crippen LogP contribution < -0.4 is 10.6 Å². The van der Waals surface area contributed by atoms with Crippen molar-refractivity contribution in [1.29, 1.82) is 0 Å². The SMILES string of the molecule is CN=C(NCCCCC(C)(C)C)NC1CCN(C(=O)C(C)C)C1. The number of aliphatic imine (C=N–C) groups is 1. The zero-order valence-corrected chi connectivity index (χ0v) is 15.9. The third-order valence-electron chi connectivity index (χ3n) is 4.20. The number of nitrogens with zero attached hydrogens (tertiary/aromatic N) is 2. The molecule has 1 unspecified atom stereocenters. The molecule has 0 aliphatic carbocycles. The molecule has 0 spiro atoms. The van der Waals surface area contributed by atoms with Gasteiger partial charge < -0.3 is 15.5 Å². The van der Waals surface area contributed by atoms with Gasteiger partial charge >= 0.3 is 0 Å². The Hall–Kier alpha value is -1.26. The Morgan fingerprint density at radius 2 is 2.00 bits per heavy atom. The van der Waals surface area contributed by atoms with Crippen LogP contribution in [0.15, 0.2) is 4.99 Å². The van der Waals surface area contributed by atoms with Gasteiger partial charge in [-0.25, -0.2) is 0 Å². The second-order valence-electron chi connectivity index (χ2n) is 8.09. The first-order valence-electron chi connectivity index (χ1n) is 8.99. The average Bonchev–Trinajstić information content (AvgIpc) is 2.91. The maximum absolute atomic E-state index is 12.0. The number of carbonyl (C=O) groups excluding carboxylic acids is 1. The van der Waals surface area contributed by atoms with Crippen LogP contribution in [0.2, 0.25) is 0 Å². The summed E-state index contributed by atoms with van der Waals surface area (Å²) >= 11 is 0. The van der Waals surface area contributed by atoms with Gasteiger partial charge in [-0.1, -0.05) is 41.0 Å². The van der Waals surface area contributed by atoms with Gasteiger partial charge in [0.1, 0.15) is 0 Å². The molecule has 5 nitrogen and oxygen atoms in total. The smallest absolute Gasteiger partial charge is 0.225 e. The molecule has 1 fully saturated rings. The van der Waals surface area contributed by atoms with Gasteiger partial charge in [-0.3, -0.25) is 9.79 Å². The summed E-state index contributed by atoms with van der Waals surface area (Å²) in [6.45, 7) is 13.3. The van der Waals surface area contributed by atoms with Crippen LogP contribution in [0.5, 0.6) is 0 Å². The highest BCUT2D eigenvalue weighted by Crippen LogP contribution is 2.21. The Morgan fingerprint density at radius 3 is 2.57 bits per heavy atom. The van der Waals surface area contributed by atoms with Crippen molar-refractivity contribution in [3.05, 3.63) is 0 Å². The fourth-order valence-corrected chi connectivity index (χ4v) is 2.82. The molecule has 2 N–H and O–H groups in total. The van der Waals surface area contributed by atoms with E-state index in [0.717, 1.165) is 38.4 Å². The summed E-state index contributed by atoms with van der Waals surface area (Å²) < 4.78 is 0. The Balaban J connectivity index is 2.26. The number of hydrogen-bond donors (Lipinski definition) is 2. The first-order valence-corrected chi connectivity index (χ1v) is 8.99. The minimum Gasteiger partial charge on any atom is -0.356 e. The highest BCUT2D eigenvalue weighted by Gasteiger charge is 2.27. The summed E-state index contributed by atoms with van der Waals surface area (Å²) in [5.41, 5.74) is 0.413. The Morgan fingerprint density at radius 1 is 1.30 bits per heavy atom. The van der Waals surface area contributed by atoms with Crippen LogP contribution in [0.3, 0.4) is 0 Å². The standard InChI is InChI=1S/C18H36N4O/c1-14(2)16(23)22-12-9-15(13-22)21-17(19-6)20-11-8-7-10-18(3,4)5/h14-15H,7-13H2,1-6H3,(H2,19,20,21). The number of likely N-dealkylation sites (tertiary alicyclic amines) is 1. The summed E-state index contributed by atoms with van der Waals surface area (Å²) in [6, 6.07) is 0.304. The van der Waals surface area contributed by atoms with Crippen LogP contribution in [-0.4, -0.2) is 49.5 Å². The zero-order valence-electron chi connectivity index (χ0n) is 15.9. The maximum Gasteiger partial charge on any atom is 0.225 e. The first-order chi connectivity index (χ1) is 10.7. The molecule has 1 heterocycles. The number of unbranched alkanes of at least 4 members (excludes halogenated alkanes) is 1. The molecule has 5 heteroatoms. The molecule has 0 saturated carbocycles. The lowest BCUT2D eigenvalue weighted by atomic mass is 9.90. The number of nitrogens with one attached hydrogen (secondary N) is 2. The van der Waals surface area contributed by atoms with E-state index in [4.69, 9.17) is 0 Å². The average molecular weight is 325 g/mol. The first kappa shape index (κ1) is 19.8. The van der Waals surface area contributed by atoms with Crippen LogP contribution in [0.25, 0.3) is 0 Å². The molecule has 1 amide bonds. The molecule has 23 heavy (non-hydrogen) atoms. The summed E-state index contributed by atoms with van der Waals surface area (Å²) in [5, 5.41) is 6.83. The predicted octanol–water partition coefficient (Wildman–Crippen LogP) is 2.62. The van der Waals surface area contributed by atoms with Crippen LogP contribution in [0, 0.1) is 11.3 Å². The number of hydrogen-bond acceptors (Lipinski definition) is 2. The molecule has 134 valence electrons. The van der Waals surface area contributed by atoms with Crippen molar-refractivity contribution < 1.29 is 4.79 Å². The zero-order chi connectivity index (χ0) is 17.5. The molecule has 0 radical (unpaired) electrons. The number of amides is 1. The summed E-state index contributed by atoms with van der Waals surface area (Å²) in [7, 11) is 1.80. The molecule has 0 aromatic rings. The van der Waals surface area contributed by atoms with Crippen molar-refractivity contribution in [1.82, 2.24) is 15.5 Å². The lowest BCUT2D eigenvalue weighted by Crippen LogP contribution is -2.45. The minimum absolute atomic E-state index is 0.0778. The fourth-order valence-electron chi connectivity index (χ4n) is 2.82. The maximum atomic E-state index is 12.0. The van der Waals surface area contributed by atoms with E-state index < -0.39 is 0 Å². The molecule has 1 aliphatic rings. The van der Waals surface area contributed by atoms with E-state index >= 15 is 0 Å². The Labute approximate surface area is 142 Å². The molecule has 0 bridgehead atoms. The van der Waals surface area contributed by atoms with Crippen molar-refractivity contribution >= 4 is 11.9 Å². The third kappa shape index (κ3) is 7.71. The van der Waals surface area contributed by atoms with E-state index in [-0.39, 0.29) is 11.8 Å². The highest BCUT2D eigenvalue weighted by atomic mass is 16.2. The van der Waals surface area contributed by atoms with E-state index in [1.165, 1.54) is 12.8 Å². The topological polar surface area (TPSA) is 56.7 Å². The molecular formula is C18H36N4O. The van der Waals surface area contributed by atoms with E-state index in [2.05, 4.69) is 36.4 Å². The van der Waals surface area contributed by atoms with Gasteiger partial charge in [-0.2, -0.15) is 0 Å². The van der Waals surface area contributed by atoms with Crippen molar-refractivity contribution in [2.45, 2.75) is 66.3 Å². The quantitative estimate of drug-likeness (QED) is 0.449. The summed E-state index contributed by atoms with van der Waals surface area (Å²) in [5.74, 6) is 1.18. The van der Waals surface area contributed by atoms with E-state index in [1.807, 2.05) is 18.7 Å². The molecule has 0 aromatic heterocycles. The van der Waals surface area contributed by atoms with Crippen molar-refractivity contribution in [2.24, 2.45) is 16.3 Å². The van der Waals surface area contributed by atoms with Gasteiger partial charge in [0.05, 0.1) is 0 Å². The van der Waals surface area contributed by atoms with Gasteiger partial charge in [0, 0.05) is 38.6 Å². The normalized spacial score (nSPS) is 19.3. The van der Waals surface area contributed by atoms with Gasteiger partial charge in [0.2, 0.25) is 5.91 Å². The number of carbonyl (C=O) groups is 1. The van der Waals surface area contributed by atoms with Gasteiger partial charge in [-0.05, 0) is 24.7 Å². The second-order valence-corrected chi connectivity index (χ2v) is 8.09. The van der Waals surface area contributed by atoms with E-state index in [1.54, 1.807) is 7.05 Å². The van der Waals surface area contributed by atoms with Gasteiger partial charge in [0.25, 0.3) is 0 Å². The van der Waals surface area contributed by atoms with Crippen molar-refractivity contribution in [3.63, 3.8) is 0 Å². The van der Waals surface area contributed by atoms with Gasteiger partial charge in [0.15, 0.2) is 5.96 Å². The van der Waals surface area contributed by atoms with Crippen molar-refractivity contribution in [2.75, 3.05) is 26.7 Å².